The predicted octanol–water partition coefficient (Wildman–Crippen LogP) is 4.49. The molecule has 26 heavy (non-hydrogen) atoms. The largest absolute Gasteiger partial charge is 0.417 e. The minimum Gasteiger partial charge on any atom is -0.377 e. The van der Waals surface area contributed by atoms with Gasteiger partial charge in [-0.1, -0.05) is 24.3 Å². The van der Waals surface area contributed by atoms with Gasteiger partial charge in [0.1, 0.15) is 5.60 Å². The van der Waals surface area contributed by atoms with E-state index in [9.17, 15) is 23.1 Å². The highest BCUT2D eigenvalue weighted by atomic mass is 32.1. The van der Waals surface area contributed by atoms with Gasteiger partial charge < -0.3 is 10.4 Å². The third-order valence-corrected chi connectivity index (χ3v) is 5.88. The summed E-state index contributed by atoms with van der Waals surface area (Å²) < 4.78 is 39.3. The molecule has 0 spiro atoms. The Morgan fingerprint density at radius 2 is 1.54 bits per heavy atom. The number of thiophene rings is 2. The molecule has 2 N–H and O–H groups in total. The number of alkyl halides is 3. The molecule has 0 radical (unpaired) electrons. The molecule has 0 aliphatic rings. The molecule has 0 atom stereocenters. The van der Waals surface area contributed by atoms with E-state index in [1.807, 2.05) is 0 Å². The second kappa shape index (κ2) is 7.22. The fraction of sp³-hybridized carbons (Fsp3) is 0.167. The standard InChI is InChI=1S/C18H14F3NO2S2/c19-18(20,21)13-6-2-1-5-12(13)16(23)22-11-17(24,14-7-3-9-25-14)15-8-4-10-26-15/h1-10,24H,11H2,(H,22,23). The molecule has 0 fully saturated rings. The van der Waals surface area contributed by atoms with Crippen LogP contribution in [0.2, 0.25) is 0 Å². The van der Waals surface area contributed by atoms with Crippen molar-refractivity contribution < 1.29 is 23.1 Å². The molecule has 0 saturated heterocycles. The van der Waals surface area contributed by atoms with E-state index in [1.165, 1.54) is 34.8 Å². The molecule has 3 nitrogen and oxygen atoms in total. The number of aliphatic hydroxyl groups is 1. The summed E-state index contributed by atoms with van der Waals surface area (Å²) in [5, 5.41) is 17.2. The number of carbonyl (C=O) groups is 1. The van der Waals surface area contributed by atoms with Crippen LogP contribution < -0.4 is 5.32 Å². The van der Waals surface area contributed by atoms with Gasteiger partial charge in [-0.25, -0.2) is 0 Å². The number of hydrogen-bond donors (Lipinski definition) is 2. The minimum atomic E-state index is -4.63. The first-order valence-corrected chi connectivity index (χ1v) is 9.33. The highest BCUT2D eigenvalue weighted by molar-refractivity contribution is 7.11. The van der Waals surface area contributed by atoms with Crippen LogP contribution in [-0.4, -0.2) is 17.6 Å². The van der Waals surface area contributed by atoms with Gasteiger partial charge in [0.2, 0.25) is 0 Å². The van der Waals surface area contributed by atoms with E-state index in [4.69, 9.17) is 0 Å². The van der Waals surface area contributed by atoms with E-state index < -0.39 is 28.8 Å². The van der Waals surface area contributed by atoms with Crippen molar-refractivity contribution in [3.8, 4) is 0 Å². The van der Waals surface area contributed by atoms with Crippen LogP contribution in [0, 0.1) is 0 Å². The highest BCUT2D eigenvalue weighted by Gasteiger charge is 2.37. The van der Waals surface area contributed by atoms with E-state index in [0.29, 0.717) is 9.75 Å². The lowest BCUT2D eigenvalue weighted by Crippen LogP contribution is -2.41. The first-order valence-electron chi connectivity index (χ1n) is 7.57. The quantitative estimate of drug-likeness (QED) is 0.666. The van der Waals surface area contributed by atoms with Crippen LogP contribution in [-0.2, 0) is 11.8 Å². The number of halogens is 3. The van der Waals surface area contributed by atoms with E-state index >= 15 is 0 Å². The van der Waals surface area contributed by atoms with Crippen molar-refractivity contribution >= 4 is 28.6 Å². The minimum absolute atomic E-state index is 0.237. The molecule has 1 aromatic carbocycles. The maximum absolute atomic E-state index is 13.1. The van der Waals surface area contributed by atoms with Crippen LogP contribution in [0.25, 0.3) is 0 Å². The Hall–Kier alpha value is -2.16. The van der Waals surface area contributed by atoms with E-state index in [2.05, 4.69) is 5.32 Å². The molecule has 0 unspecified atom stereocenters. The molecule has 0 saturated carbocycles. The van der Waals surface area contributed by atoms with Gasteiger partial charge >= 0.3 is 6.18 Å². The van der Waals surface area contributed by atoms with Crippen LogP contribution in [0.5, 0.6) is 0 Å². The molecule has 0 aliphatic heterocycles. The average molecular weight is 397 g/mol. The lowest BCUT2D eigenvalue weighted by Gasteiger charge is -2.26. The number of carbonyl (C=O) groups excluding carboxylic acids is 1. The summed E-state index contributed by atoms with van der Waals surface area (Å²) >= 11 is 2.62. The first-order chi connectivity index (χ1) is 12.3. The predicted molar refractivity (Wildman–Crippen MR) is 95.4 cm³/mol. The SMILES string of the molecule is O=C(NCC(O)(c1cccs1)c1cccs1)c1ccccc1C(F)(F)F. The second-order valence-corrected chi connectivity index (χ2v) is 7.44. The number of nitrogens with one attached hydrogen (secondary N) is 1. The molecule has 0 aliphatic carbocycles. The fourth-order valence-corrected chi connectivity index (χ4v) is 4.30. The van der Waals surface area contributed by atoms with Gasteiger partial charge in [0.05, 0.1) is 17.7 Å². The number of rotatable bonds is 5. The monoisotopic (exact) mass is 397 g/mol. The Balaban J connectivity index is 1.86. The van der Waals surface area contributed by atoms with Gasteiger partial charge in [-0.2, -0.15) is 13.2 Å². The van der Waals surface area contributed by atoms with Gasteiger partial charge in [-0.05, 0) is 35.0 Å². The zero-order valence-corrected chi connectivity index (χ0v) is 14.9. The molecule has 8 heteroatoms. The van der Waals surface area contributed by atoms with Crippen molar-refractivity contribution in [3.05, 3.63) is 80.2 Å². The highest BCUT2D eigenvalue weighted by Crippen LogP contribution is 2.35. The maximum Gasteiger partial charge on any atom is 0.417 e. The summed E-state index contributed by atoms with van der Waals surface area (Å²) in [4.78, 5) is 13.6. The molecule has 2 aromatic heterocycles. The smallest absolute Gasteiger partial charge is 0.377 e. The number of amides is 1. The van der Waals surface area contributed by atoms with Crippen LogP contribution in [0.4, 0.5) is 13.2 Å². The van der Waals surface area contributed by atoms with Crippen molar-refractivity contribution in [3.63, 3.8) is 0 Å². The van der Waals surface area contributed by atoms with Crippen molar-refractivity contribution in [2.75, 3.05) is 6.54 Å². The van der Waals surface area contributed by atoms with E-state index in [0.717, 1.165) is 12.1 Å². The molecular formula is C18H14F3NO2S2. The summed E-state index contributed by atoms with van der Waals surface area (Å²) in [5.74, 6) is -0.885. The van der Waals surface area contributed by atoms with Crippen molar-refractivity contribution in [2.45, 2.75) is 11.8 Å². The Bertz CT molecular complexity index is 840. The molecule has 2 heterocycles. The summed E-state index contributed by atoms with van der Waals surface area (Å²) in [7, 11) is 0. The van der Waals surface area contributed by atoms with Crippen LogP contribution in [0.15, 0.2) is 59.3 Å². The Labute approximate surface area is 155 Å². The summed E-state index contributed by atoms with van der Waals surface area (Å²) in [6.45, 7) is -0.237. The third kappa shape index (κ3) is 3.67. The fourth-order valence-electron chi connectivity index (χ4n) is 2.56. The van der Waals surface area contributed by atoms with Crippen LogP contribution in [0.3, 0.4) is 0 Å². The van der Waals surface area contributed by atoms with Crippen molar-refractivity contribution in [1.82, 2.24) is 5.32 Å². The molecule has 3 aromatic rings. The summed E-state index contributed by atoms with van der Waals surface area (Å²) in [6, 6.07) is 11.5. The maximum atomic E-state index is 13.1. The molecule has 1 amide bonds. The van der Waals surface area contributed by atoms with Gasteiger partial charge in [-0.15, -0.1) is 22.7 Å². The molecular weight excluding hydrogens is 383 g/mol. The van der Waals surface area contributed by atoms with Crippen molar-refractivity contribution in [2.24, 2.45) is 0 Å². The van der Waals surface area contributed by atoms with E-state index in [1.54, 1.807) is 35.0 Å². The molecule has 3 rings (SSSR count). The number of hydrogen-bond acceptors (Lipinski definition) is 4. The topological polar surface area (TPSA) is 49.3 Å². The van der Waals surface area contributed by atoms with Gasteiger partial charge in [0.25, 0.3) is 5.91 Å². The molecule has 0 bridgehead atoms. The first kappa shape index (κ1) is 18.6. The summed E-state index contributed by atoms with van der Waals surface area (Å²) in [6.07, 6.45) is -4.63. The Morgan fingerprint density at radius 1 is 0.962 bits per heavy atom. The van der Waals surface area contributed by atoms with Crippen LogP contribution >= 0.6 is 22.7 Å². The zero-order chi connectivity index (χ0) is 18.8. The van der Waals surface area contributed by atoms with Gasteiger partial charge in [-0.3, -0.25) is 4.79 Å². The Morgan fingerprint density at radius 3 is 2.04 bits per heavy atom. The van der Waals surface area contributed by atoms with Crippen LogP contribution in [0.1, 0.15) is 25.7 Å². The zero-order valence-electron chi connectivity index (χ0n) is 13.3. The lowest BCUT2D eigenvalue weighted by molar-refractivity contribution is -0.137. The van der Waals surface area contributed by atoms with Gasteiger partial charge in [0, 0.05) is 9.75 Å². The number of benzene rings is 1. The van der Waals surface area contributed by atoms with Crippen molar-refractivity contribution in [1.29, 1.82) is 0 Å². The Kier molecular flexibility index (Phi) is 5.17. The molecule has 136 valence electrons. The normalized spacial score (nSPS) is 12.2. The lowest BCUT2D eigenvalue weighted by atomic mass is 9.99. The van der Waals surface area contributed by atoms with E-state index in [-0.39, 0.29) is 6.54 Å². The average Bonchev–Trinajstić information content (AvgIpc) is 3.32. The second-order valence-electron chi connectivity index (χ2n) is 5.54. The summed E-state index contributed by atoms with van der Waals surface area (Å²) in [5.41, 5.74) is -2.97. The van der Waals surface area contributed by atoms with Gasteiger partial charge in [0.15, 0.2) is 0 Å². The third-order valence-electron chi connectivity index (χ3n) is 3.84.